The highest BCUT2D eigenvalue weighted by Gasteiger charge is 2.43. The number of nitriles is 1. The minimum Gasteiger partial charge on any atom is -0.466 e. The van der Waals surface area contributed by atoms with Crippen LogP contribution in [0.3, 0.4) is 0 Å². The summed E-state index contributed by atoms with van der Waals surface area (Å²) in [6.45, 7) is 3.81. The Bertz CT molecular complexity index is 1310. The average molecular weight is 503 g/mol. The fourth-order valence-corrected chi connectivity index (χ4v) is 4.26. The number of nitrogens with zero attached hydrogens (tertiary/aromatic N) is 2. The Morgan fingerprint density at radius 2 is 1.76 bits per heavy atom. The molecule has 0 saturated heterocycles. The number of nitrogens with two attached hydrogens (primary N) is 1. The average Bonchev–Trinajstić information content (AvgIpc) is 2.91. The van der Waals surface area contributed by atoms with Gasteiger partial charge in [-0.3, -0.25) is 9.69 Å². The first-order valence-electron chi connectivity index (χ1n) is 11.8. The summed E-state index contributed by atoms with van der Waals surface area (Å²) in [6, 6.07) is 16.0. The van der Waals surface area contributed by atoms with Crippen LogP contribution in [0.5, 0.6) is 0 Å². The molecule has 1 amide bonds. The summed E-state index contributed by atoms with van der Waals surface area (Å²) in [7, 11) is 2.39. The van der Waals surface area contributed by atoms with Crippen LogP contribution in [0.4, 0.5) is 11.4 Å². The summed E-state index contributed by atoms with van der Waals surface area (Å²) >= 11 is 0. The Kier molecular flexibility index (Phi) is 8.69. The highest BCUT2D eigenvalue weighted by atomic mass is 16.5. The molecule has 0 bridgehead atoms. The molecule has 37 heavy (non-hydrogen) atoms. The Morgan fingerprint density at radius 3 is 2.32 bits per heavy atom. The van der Waals surface area contributed by atoms with Gasteiger partial charge in [0.1, 0.15) is 11.5 Å². The first-order chi connectivity index (χ1) is 17.8. The number of hydrogen-bond acceptors (Lipinski definition) is 8. The van der Waals surface area contributed by atoms with Crippen LogP contribution in [0, 0.1) is 18.3 Å². The van der Waals surface area contributed by atoms with Gasteiger partial charge in [0.2, 0.25) is 5.91 Å². The predicted octanol–water partition coefficient (Wildman–Crippen LogP) is 4.02. The molecule has 192 valence electrons. The molecule has 1 aliphatic rings. The SMILES string of the molecule is CCCCC(=O)Nc1ccc(N2C(N)=C(C#N)C(c3ccccc3)C(C(=O)OC)=C2C(=O)OC)cc1C. The maximum absolute atomic E-state index is 13.1. The molecule has 1 unspecified atom stereocenters. The number of anilines is 2. The third kappa shape index (κ3) is 5.48. The fraction of sp³-hybridized carbons (Fsp3) is 0.286. The van der Waals surface area contributed by atoms with Gasteiger partial charge in [0.25, 0.3) is 0 Å². The Labute approximate surface area is 216 Å². The lowest BCUT2D eigenvalue weighted by Crippen LogP contribution is -2.40. The zero-order chi connectivity index (χ0) is 27.1. The summed E-state index contributed by atoms with van der Waals surface area (Å²) in [4.78, 5) is 39.8. The Morgan fingerprint density at radius 1 is 1.08 bits per heavy atom. The van der Waals surface area contributed by atoms with Crippen molar-refractivity contribution < 1.29 is 23.9 Å². The van der Waals surface area contributed by atoms with E-state index in [-0.39, 0.29) is 28.6 Å². The molecule has 1 atom stereocenters. The van der Waals surface area contributed by atoms with Crippen LogP contribution in [0.2, 0.25) is 0 Å². The number of amides is 1. The monoisotopic (exact) mass is 502 g/mol. The van der Waals surface area contributed by atoms with Gasteiger partial charge in [0, 0.05) is 17.8 Å². The van der Waals surface area contributed by atoms with Crippen molar-refractivity contribution in [2.45, 2.75) is 39.0 Å². The van der Waals surface area contributed by atoms with Crippen molar-refractivity contribution in [1.29, 1.82) is 5.26 Å². The molecule has 9 heteroatoms. The van der Waals surface area contributed by atoms with E-state index in [1.165, 1.54) is 19.1 Å². The lowest BCUT2D eigenvalue weighted by molar-refractivity contribution is -0.139. The standard InChI is InChI=1S/C28H30N4O5/c1-5-6-12-22(33)31-21-14-13-19(15-17(21)2)32-25(28(35)37-4)24(27(34)36-3)23(20(16-29)26(32)30)18-10-8-7-9-11-18/h7-11,13-15,23H,5-6,12,30H2,1-4H3,(H,31,33). The van der Waals surface area contributed by atoms with E-state index >= 15 is 0 Å². The van der Waals surface area contributed by atoms with Gasteiger partial charge in [-0.25, -0.2) is 9.59 Å². The van der Waals surface area contributed by atoms with Crippen molar-refractivity contribution >= 4 is 29.2 Å². The van der Waals surface area contributed by atoms with E-state index in [1.54, 1.807) is 55.5 Å². The second-order valence-electron chi connectivity index (χ2n) is 8.49. The van der Waals surface area contributed by atoms with Crippen LogP contribution in [0.25, 0.3) is 0 Å². The topological polar surface area (TPSA) is 135 Å². The molecule has 0 spiro atoms. The number of unbranched alkanes of at least 4 members (excludes halogenated alkanes) is 1. The second-order valence-corrected chi connectivity index (χ2v) is 8.49. The lowest BCUT2D eigenvalue weighted by Gasteiger charge is -2.36. The van der Waals surface area contributed by atoms with Gasteiger partial charge in [0.15, 0.2) is 0 Å². The molecule has 1 heterocycles. The van der Waals surface area contributed by atoms with Gasteiger partial charge in [-0.15, -0.1) is 0 Å². The molecular formula is C28H30N4O5. The third-order valence-corrected chi connectivity index (χ3v) is 6.11. The molecule has 2 aromatic rings. The number of benzene rings is 2. The van der Waals surface area contributed by atoms with Crippen LogP contribution in [0.15, 0.2) is 71.2 Å². The molecule has 0 saturated carbocycles. The number of ether oxygens (including phenoxy) is 2. The predicted molar refractivity (Wildman–Crippen MR) is 139 cm³/mol. The van der Waals surface area contributed by atoms with Crippen molar-refractivity contribution in [2.75, 3.05) is 24.4 Å². The van der Waals surface area contributed by atoms with Crippen LogP contribution in [-0.2, 0) is 23.9 Å². The molecule has 9 nitrogen and oxygen atoms in total. The van der Waals surface area contributed by atoms with Gasteiger partial charge >= 0.3 is 11.9 Å². The molecule has 0 aromatic heterocycles. The lowest BCUT2D eigenvalue weighted by atomic mass is 9.81. The van der Waals surface area contributed by atoms with Crippen LogP contribution in [-0.4, -0.2) is 32.1 Å². The minimum atomic E-state index is -0.942. The zero-order valence-corrected chi connectivity index (χ0v) is 21.3. The number of nitrogens with one attached hydrogen (secondary N) is 1. The highest BCUT2D eigenvalue weighted by Crippen LogP contribution is 2.43. The quantitative estimate of drug-likeness (QED) is 0.517. The van der Waals surface area contributed by atoms with Crippen LogP contribution >= 0.6 is 0 Å². The van der Waals surface area contributed by atoms with Crippen molar-refractivity contribution in [3.05, 3.63) is 82.3 Å². The maximum Gasteiger partial charge on any atom is 0.355 e. The Hall–Kier alpha value is -4.58. The largest absolute Gasteiger partial charge is 0.466 e. The molecule has 3 rings (SSSR count). The van der Waals surface area contributed by atoms with Crippen LogP contribution < -0.4 is 16.0 Å². The number of carbonyl (C=O) groups excluding carboxylic acids is 3. The van der Waals surface area contributed by atoms with Gasteiger partial charge in [0.05, 0.1) is 37.4 Å². The number of allylic oxidation sites excluding steroid dienone is 1. The van der Waals surface area contributed by atoms with Crippen LogP contribution in [0.1, 0.15) is 43.2 Å². The molecule has 0 aliphatic carbocycles. The van der Waals surface area contributed by atoms with E-state index in [0.29, 0.717) is 28.9 Å². The highest BCUT2D eigenvalue weighted by molar-refractivity contribution is 6.06. The van der Waals surface area contributed by atoms with Crippen molar-refractivity contribution in [2.24, 2.45) is 5.73 Å². The van der Waals surface area contributed by atoms with E-state index in [2.05, 4.69) is 11.4 Å². The normalized spacial score (nSPS) is 15.2. The number of rotatable bonds is 8. The molecule has 0 fully saturated rings. The summed E-state index contributed by atoms with van der Waals surface area (Å²) < 4.78 is 10.1. The Balaban J connectivity index is 2.22. The molecule has 2 aromatic carbocycles. The molecule has 1 aliphatic heterocycles. The van der Waals surface area contributed by atoms with Gasteiger partial charge in [-0.2, -0.15) is 5.26 Å². The summed E-state index contributed by atoms with van der Waals surface area (Å²) in [5.74, 6) is -2.69. The summed E-state index contributed by atoms with van der Waals surface area (Å²) in [5, 5.41) is 13.0. The second kappa shape index (κ2) is 11.9. The van der Waals surface area contributed by atoms with Gasteiger partial charge < -0.3 is 20.5 Å². The first-order valence-corrected chi connectivity index (χ1v) is 11.8. The van der Waals surface area contributed by atoms with E-state index in [1.807, 2.05) is 6.92 Å². The van der Waals surface area contributed by atoms with Crippen molar-refractivity contribution in [3.63, 3.8) is 0 Å². The van der Waals surface area contributed by atoms with Gasteiger partial charge in [-0.05, 0) is 42.7 Å². The number of esters is 2. The third-order valence-electron chi connectivity index (χ3n) is 6.11. The maximum atomic E-state index is 13.1. The minimum absolute atomic E-state index is 0.0245. The van der Waals surface area contributed by atoms with Gasteiger partial charge in [-0.1, -0.05) is 43.7 Å². The molecular weight excluding hydrogens is 472 g/mol. The van der Waals surface area contributed by atoms with E-state index in [4.69, 9.17) is 15.2 Å². The zero-order valence-electron chi connectivity index (χ0n) is 21.3. The number of carbonyl (C=O) groups is 3. The number of hydrogen-bond donors (Lipinski definition) is 2. The van der Waals surface area contributed by atoms with Crippen molar-refractivity contribution in [1.82, 2.24) is 0 Å². The first kappa shape index (κ1) is 27.0. The van der Waals surface area contributed by atoms with E-state index in [0.717, 1.165) is 12.8 Å². The smallest absolute Gasteiger partial charge is 0.355 e. The fourth-order valence-electron chi connectivity index (χ4n) is 4.26. The summed E-state index contributed by atoms with van der Waals surface area (Å²) in [5.41, 5.74) is 8.67. The van der Waals surface area contributed by atoms with E-state index < -0.39 is 17.9 Å². The molecule has 0 radical (unpaired) electrons. The molecule has 3 N–H and O–H groups in total. The number of aryl methyl sites for hydroxylation is 1. The number of methoxy groups -OCH3 is 2. The summed E-state index contributed by atoms with van der Waals surface area (Å²) in [6.07, 6.45) is 2.09. The van der Waals surface area contributed by atoms with E-state index in [9.17, 15) is 19.6 Å². The van der Waals surface area contributed by atoms with Crippen molar-refractivity contribution in [3.8, 4) is 6.07 Å².